The van der Waals surface area contributed by atoms with E-state index in [1.165, 1.54) is 33.8 Å². The van der Waals surface area contributed by atoms with Crippen molar-refractivity contribution >= 4 is 17.3 Å². The minimum Gasteiger partial charge on any atom is -0.376 e. The summed E-state index contributed by atoms with van der Waals surface area (Å²) in [4.78, 5) is 7.05. The van der Waals surface area contributed by atoms with E-state index in [4.69, 9.17) is 21.9 Å². The molecule has 2 aliphatic heterocycles. The van der Waals surface area contributed by atoms with E-state index in [-0.39, 0.29) is 18.2 Å². The molecule has 4 heterocycles. The Morgan fingerprint density at radius 3 is 2.71 bits per heavy atom. The van der Waals surface area contributed by atoms with Gasteiger partial charge in [-0.15, -0.1) is 0 Å². The van der Waals surface area contributed by atoms with E-state index in [0.717, 1.165) is 43.2 Å². The van der Waals surface area contributed by atoms with Gasteiger partial charge in [0.25, 0.3) is 0 Å². The normalized spacial score (nSPS) is 22.4. The molecule has 0 amide bonds. The fraction of sp³-hybridized carbons (Fsp3) is 0.429. The van der Waals surface area contributed by atoms with E-state index in [9.17, 15) is 0 Å². The van der Waals surface area contributed by atoms with Crippen LogP contribution in [0.5, 0.6) is 0 Å². The Bertz CT molecular complexity index is 1180. The summed E-state index contributed by atoms with van der Waals surface area (Å²) in [6.45, 7) is 10.5. The van der Waals surface area contributed by atoms with Gasteiger partial charge in [0, 0.05) is 30.7 Å². The molecule has 3 atom stereocenters. The van der Waals surface area contributed by atoms with E-state index < -0.39 is 0 Å². The summed E-state index contributed by atoms with van der Waals surface area (Å²) in [6.07, 6.45) is 5.29. The highest BCUT2D eigenvalue weighted by atomic mass is 32.1. The maximum atomic E-state index is 6.01. The molecule has 5 nitrogen and oxygen atoms in total. The van der Waals surface area contributed by atoms with Crippen LogP contribution in [0.4, 0.5) is 0 Å². The molecule has 1 aromatic carbocycles. The zero-order valence-electron chi connectivity index (χ0n) is 20.5. The SMILES string of the molecule is CCc1cccc(C)c1-n1c(C)cc([C@H]2[C@H](c3ccccn3)NC(=S)N2C[C@@H]2CCCO2)c1C. The van der Waals surface area contributed by atoms with Gasteiger partial charge in [0.05, 0.1) is 29.6 Å². The number of nitrogens with one attached hydrogen (secondary N) is 1. The van der Waals surface area contributed by atoms with Gasteiger partial charge in [0.1, 0.15) is 0 Å². The van der Waals surface area contributed by atoms with Crippen LogP contribution in [0.2, 0.25) is 0 Å². The minimum atomic E-state index is -0.00781. The van der Waals surface area contributed by atoms with Crippen molar-refractivity contribution in [3.05, 3.63) is 82.4 Å². The fourth-order valence-corrected chi connectivity index (χ4v) is 6.02. The summed E-state index contributed by atoms with van der Waals surface area (Å²) in [5.41, 5.74) is 8.78. The summed E-state index contributed by atoms with van der Waals surface area (Å²) < 4.78 is 8.45. The van der Waals surface area contributed by atoms with Crippen LogP contribution < -0.4 is 5.32 Å². The predicted octanol–water partition coefficient (Wildman–Crippen LogP) is 5.51. The van der Waals surface area contributed by atoms with Crippen LogP contribution in [0.3, 0.4) is 0 Å². The molecule has 2 saturated heterocycles. The third-order valence-electron chi connectivity index (χ3n) is 7.34. The molecule has 2 fully saturated rings. The number of aromatic nitrogens is 2. The van der Waals surface area contributed by atoms with Crippen molar-refractivity contribution in [3.8, 4) is 5.69 Å². The molecule has 2 aliphatic rings. The zero-order chi connectivity index (χ0) is 23.8. The summed E-state index contributed by atoms with van der Waals surface area (Å²) in [6, 6.07) is 15.1. The van der Waals surface area contributed by atoms with E-state index in [2.05, 4.69) is 78.9 Å². The lowest BCUT2D eigenvalue weighted by Gasteiger charge is -2.30. The van der Waals surface area contributed by atoms with Gasteiger partial charge >= 0.3 is 0 Å². The quantitative estimate of drug-likeness (QED) is 0.477. The molecule has 0 bridgehead atoms. The van der Waals surface area contributed by atoms with Crippen molar-refractivity contribution in [1.29, 1.82) is 0 Å². The van der Waals surface area contributed by atoms with Crippen molar-refractivity contribution in [2.24, 2.45) is 0 Å². The maximum absolute atomic E-state index is 6.01. The van der Waals surface area contributed by atoms with E-state index in [0.29, 0.717) is 0 Å². The number of aryl methyl sites for hydroxylation is 3. The number of rotatable bonds is 6. The van der Waals surface area contributed by atoms with Gasteiger partial charge in [0.2, 0.25) is 0 Å². The Hall–Kier alpha value is -2.70. The molecule has 3 aromatic rings. The van der Waals surface area contributed by atoms with Crippen molar-refractivity contribution in [1.82, 2.24) is 19.8 Å². The number of ether oxygens (including phenoxy) is 1. The monoisotopic (exact) mass is 474 g/mol. The van der Waals surface area contributed by atoms with Crippen LogP contribution in [0.15, 0.2) is 48.7 Å². The number of para-hydroxylation sites is 1. The van der Waals surface area contributed by atoms with Crippen LogP contribution in [0, 0.1) is 20.8 Å². The highest BCUT2D eigenvalue weighted by Crippen LogP contribution is 2.42. The van der Waals surface area contributed by atoms with Crippen LogP contribution in [-0.4, -0.2) is 38.8 Å². The number of nitrogens with zero attached hydrogens (tertiary/aromatic N) is 3. The summed E-state index contributed by atoms with van der Waals surface area (Å²) >= 11 is 5.89. The third-order valence-corrected chi connectivity index (χ3v) is 7.69. The van der Waals surface area contributed by atoms with Gasteiger partial charge in [-0.25, -0.2) is 0 Å². The van der Waals surface area contributed by atoms with Crippen molar-refractivity contribution < 1.29 is 4.74 Å². The molecule has 0 saturated carbocycles. The van der Waals surface area contributed by atoms with Crippen LogP contribution in [0.25, 0.3) is 5.69 Å². The first-order valence-electron chi connectivity index (χ1n) is 12.4. The predicted molar refractivity (Wildman–Crippen MR) is 140 cm³/mol. The smallest absolute Gasteiger partial charge is 0.170 e. The molecule has 0 aliphatic carbocycles. The van der Waals surface area contributed by atoms with Crippen molar-refractivity contribution in [2.75, 3.05) is 13.2 Å². The number of hydrogen-bond acceptors (Lipinski definition) is 3. The van der Waals surface area contributed by atoms with Crippen LogP contribution in [0.1, 0.15) is 65.6 Å². The lowest BCUT2D eigenvalue weighted by Crippen LogP contribution is -2.36. The van der Waals surface area contributed by atoms with Crippen molar-refractivity contribution in [3.63, 3.8) is 0 Å². The lowest BCUT2D eigenvalue weighted by atomic mass is 9.96. The lowest BCUT2D eigenvalue weighted by molar-refractivity contribution is 0.0842. The first-order chi connectivity index (χ1) is 16.5. The van der Waals surface area contributed by atoms with Gasteiger partial charge in [-0.3, -0.25) is 4.98 Å². The Balaban J connectivity index is 1.63. The standard InChI is InChI=1S/C28H34N4OS/c1-5-21-11-8-10-18(2)26(21)32-19(3)16-23(20(32)4)27-25(24-13-6-7-14-29-24)30-28(34)31(27)17-22-12-9-15-33-22/h6-8,10-11,13-14,16,22,25,27H,5,9,12,15,17H2,1-4H3,(H,30,34)/t22-,25-,27-/m0/s1. The highest BCUT2D eigenvalue weighted by molar-refractivity contribution is 7.80. The number of benzene rings is 1. The first-order valence-corrected chi connectivity index (χ1v) is 12.8. The van der Waals surface area contributed by atoms with Gasteiger partial charge < -0.3 is 19.5 Å². The number of thiocarbonyl (C=S) groups is 1. The molecule has 0 radical (unpaired) electrons. The topological polar surface area (TPSA) is 42.3 Å². The second kappa shape index (κ2) is 9.51. The Labute approximate surface area is 208 Å². The third kappa shape index (κ3) is 4.03. The Kier molecular flexibility index (Phi) is 6.45. The van der Waals surface area contributed by atoms with E-state index in [1.54, 1.807) is 0 Å². The zero-order valence-corrected chi connectivity index (χ0v) is 21.4. The van der Waals surface area contributed by atoms with Gasteiger partial charge in [-0.1, -0.05) is 31.2 Å². The molecule has 2 aromatic heterocycles. The molecule has 0 spiro atoms. The van der Waals surface area contributed by atoms with Crippen LogP contribution in [-0.2, 0) is 11.2 Å². The largest absolute Gasteiger partial charge is 0.376 e. The average Bonchev–Trinajstić information content (AvgIpc) is 3.54. The van der Waals surface area contributed by atoms with Crippen LogP contribution >= 0.6 is 12.2 Å². The maximum Gasteiger partial charge on any atom is 0.170 e. The molecule has 178 valence electrons. The van der Waals surface area contributed by atoms with Crippen molar-refractivity contribution in [2.45, 2.75) is 65.1 Å². The minimum absolute atomic E-state index is 0.00781. The van der Waals surface area contributed by atoms with Gasteiger partial charge in [0.15, 0.2) is 5.11 Å². The molecular weight excluding hydrogens is 440 g/mol. The fourth-order valence-electron chi connectivity index (χ4n) is 5.70. The second-order valence-electron chi connectivity index (χ2n) is 9.51. The molecule has 5 rings (SSSR count). The summed E-state index contributed by atoms with van der Waals surface area (Å²) in [5.74, 6) is 0. The molecule has 1 N–H and O–H groups in total. The van der Waals surface area contributed by atoms with E-state index in [1.807, 2.05) is 12.3 Å². The van der Waals surface area contributed by atoms with Gasteiger partial charge in [-0.05, 0) is 87.1 Å². The Morgan fingerprint density at radius 2 is 2.00 bits per heavy atom. The van der Waals surface area contributed by atoms with E-state index >= 15 is 0 Å². The highest BCUT2D eigenvalue weighted by Gasteiger charge is 2.42. The molecule has 34 heavy (non-hydrogen) atoms. The molecule has 6 heteroatoms. The summed E-state index contributed by atoms with van der Waals surface area (Å²) in [7, 11) is 0. The number of pyridine rings is 1. The molecule has 0 unspecified atom stereocenters. The number of hydrogen-bond donors (Lipinski definition) is 1. The Morgan fingerprint density at radius 1 is 1.15 bits per heavy atom. The molecular formula is C28H34N4OS. The average molecular weight is 475 g/mol. The first kappa shape index (κ1) is 23.1. The second-order valence-corrected chi connectivity index (χ2v) is 9.90. The van der Waals surface area contributed by atoms with Gasteiger partial charge in [-0.2, -0.15) is 0 Å². The summed E-state index contributed by atoms with van der Waals surface area (Å²) in [5, 5.41) is 4.39.